The second-order valence-corrected chi connectivity index (χ2v) is 8.42. The van der Waals surface area contributed by atoms with Gasteiger partial charge >= 0.3 is 0 Å². The first-order valence-corrected chi connectivity index (χ1v) is 10.5. The molecular formula is C21H14FN5O2S. The third kappa shape index (κ3) is 2.96. The molecule has 2 aromatic heterocycles. The molecule has 0 atom stereocenters. The first kappa shape index (κ1) is 18.2. The lowest BCUT2D eigenvalue weighted by Gasteiger charge is -2.10. The maximum absolute atomic E-state index is 13.3. The first-order chi connectivity index (χ1) is 14.5. The Bertz CT molecular complexity index is 1480. The summed E-state index contributed by atoms with van der Waals surface area (Å²) < 4.78 is 40.9. The van der Waals surface area contributed by atoms with Gasteiger partial charge in [0.15, 0.2) is 5.65 Å². The number of sulfone groups is 1. The van der Waals surface area contributed by atoms with E-state index in [1.165, 1.54) is 28.8 Å². The third-order valence-corrected chi connectivity index (χ3v) is 6.30. The summed E-state index contributed by atoms with van der Waals surface area (Å²) in [4.78, 5) is 4.63. The van der Waals surface area contributed by atoms with Gasteiger partial charge in [0.1, 0.15) is 11.6 Å². The number of hydrogen-bond acceptors (Lipinski definition) is 6. The number of halogens is 1. The first-order valence-electron chi connectivity index (χ1n) is 9.01. The molecule has 0 aliphatic carbocycles. The molecule has 3 aromatic carbocycles. The van der Waals surface area contributed by atoms with Gasteiger partial charge in [-0.2, -0.15) is 4.52 Å². The van der Waals surface area contributed by atoms with Crippen molar-refractivity contribution in [1.82, 2.24) is 19.8 Å². The van der Waals surface area contributed by atoms with E-state index in [4.69, 9.17) is 0 Å². The van der Waals surface area contributed by atoms with E-state index >= 15 is 0 Å². The summed E-state index contributed by atoms with van der Waals surface area (Å²) in [5.74, 6) is 0.0570. The van der Waals surface area contributed by atoms with Crippen molar-refractivity contribution >= 4 is 37.9 Å². The molecule has 0 aliphatic rings. The average Bonchev–Trinajstić information content (AvgIpc) is 3.21. The highest BCUT2D eigenvalue weighted by atomic mass is 32.2. The number of rotatable bonds is 4. The molecule has 0 aliphatic heterocycles. The number of fused-ring (bicyclic) bond motifs is 3. The lowest BCUT2D eigenvalue weighted by molar-refractivity contribution is 0.592. The van der Waals surface area contributed by atoms with Crippen LogP contribution in [0.2, 0.25) is 0 Å². The Balaban J connectivity index is 1.74. The van der Waals surface area contributed by atoms with Crippen molar-refractivity contribution in [3.8, 4) is 0 Å². The summed E-state index contributed by atoms with van der Waals surface area (Å²) in [6.07, 6.45) is 0. The molecule has 2 heterocycles. The van der Waals surface area contributed by atoms with Crippen LogP contribution in [0.1, 0.15) is 0 Å². The minimum absolute atomic E-state index is 0.0992. The number of hydrogen-bond donors (Lipinski definition) is 1. The lowest BCUT2D eigenvalue weighted by Crippen LogP contribution is -2.05. The predicted molar refractivity (Wildman–Crippen MR) is 110 cm³/mol. The minimum atomic E-state index is -3.92. The fourth-order valence-electron chi connectivity index (χ4n) is 3.20. The summed E-state index contributed by atoms with van der Waals surface area (Å²) in [6, 6.07) is 21.1. The summed E-state index contributed by atoms with van der Waals surface area (Å²) in [7, 11) is -3.92. The van der Waals surface area contributed by atoms with Gasteiger partial charge in [-0.25, -0.2) is 17.8 Å². The zero-order chi connectivity index (χ0) is 20.7. The normalized spacial score (nSPS) is 11.8. The van der Waals surface area contributed by atoms with Crippen molar-refractivity contribution in [3.63, 3.8) is 0 Å². The van der Waals surface area contributed by atoms with Gasteiger partial charge in [0.2, 0.25) is 14.9 Å². The average molecular weight is 419 g/mol. The lowest BCUT2D eigenvalue weighted by atomic mass is 10.2. The number of nitrogens with one attached hydrogen (secondary N) is 1. The number of aromatic nitrogens is 4. The molecule has 5 rings (SSSR count). The van der Waals surface area contributed by atoms with Crippen molar-refractivity contribution in [2.45, 2.75) is 9.92 Å². The maximum atomic E-state index is 13.3. The highest BCUT2D eigenvalue weighted by Crippen LogP contribution is 2.29. The highest BCUT2D eigenvalue weighted by molar-refractivity contribution is 7.91. The van der Waals surface area contributed by atoms with Gasteiger partial charge in [-0.3, -0.25) is 0 Å². The maximum Gasteiger partial charge on any atom is 0.229 e. The molecule has 0 saturated carbocycles. The molecule has 0 bridgehead atoms. The van der Waals surface area contributed by atoms with E-state index < -0.39 is 9.84 Å². The molecule has 9 heteroatoms. The van der Waals surface area contributed by atoms with Gasteiger partial charge in [0, 0.05) is 11.1 Å². The molecule has 0 amide bonds. The van der Waals surface area contributed by atoms with Crippen LogP contribution in [0, 0.1) is 5.82 Å². The van der Waals surface area contributed by atoms with Crippen LogP contribution in [0.15, 0.2) is 88.8 Å². The number of anilines is 2. The number of para-hydroxylation sites is 1. The second-order valence-electron chi connectivity index (χ2n) is 6.56. The van der Waals surface area contributed by atoms with Crippen molar-refractivity contribution in [1.29, 1.82) is 0 Å². The van der Waals surface area contributed by atoms with Gasteiger partial charge < -0.3 is 5.32 Å². The molecule has 0 radical (unpaired) electrons. The molecular weight excluding hydrogens is 405 g/mol. The van der Waals surface area contributed by atoms with Crippen LogP contribution in [0.3, 0.4) is 0 Å². The monoisotopic (exact) mass is 419 g/mol. The van der Waals surface area contributed by atoms with Crippen LogP contribution >= 0.6 is 0 Å². The summed E-state index contributed by atoms with van der Waals surface area (Å²) in [5.41, 5.74) is 1.34. The Morgan fingerprint density at radius 2 is 1.57 bits per heavy atom. The largest absolute Gasteiger partial charge is 0.340 e. The number of nitrogens with zero attached hydrogens (tertiary/aromatic N) is 4. The Morgan fingerprint density at radius 1 is 0.867 bits per heavy atom. The van der Waals surface area contributed by atoms with Crippen LogP contribution in [-0.4, -0.2) is 28.2 Å². The van der Waals surface area contributed by atoms with Crippen molar-refractivity contribution < 1.29 is 12.8 Å². The van der Waals surface area contributed by atoms with Crippen LogP contribution in [0.25, 0.3) is 16.6 Å². The summed E-state index contributed by atoms with van der Waals surface area (Å²) >= 11 is 0. The fourth-order valence-corrected chi connectivity index (χ4v) is 4.45. The molecule has 148 valence electrons. The summed E-state index contributed by atoms with van der Waals surface area (Å²) in [5, 5.41) is 11.6. The van der Waals surface area contributed by atoms with Crippen LogP contribution in [-0.2, 0) is 9.84 Å². The molecule has 30 heavy (non-hydrogen) atoms. The van der Waals surface area contributed by atoms with E-state index in [1.807, 2.05) is 18.2 Å². The zero-order valence-electron chi connectivity index (χ0n) is 15.4. The topological polar surface area (TPSA) is 89.2 Å². The molecule has 1 N–H and O–H groups in total. The van der Waals surface area contributed by atoms with Crippen molar-refractivity contribution in [3.05, 3.63) is 84.7 Å². The summed E-state index contributed by atoms with van der Waals surface area (Å²) in [6.45, 7) is 0. The Labute approximate surface area is 170 Å². The second kappa shape index (κ2) is 6.89. The van der Waals surface area contributed by atoms with Crippen molar-refractivity contribution in [2.75, 3.05) is 5.32 Å². The molecule has 0 saturated heterocycles. The van der Waals surface area contributed by atoms with E-state index in [0.29, 0.717) is 22.4 Å². The standard InChI is InChI=1S/C21H14FN5O2S/c22-14-10-12-15(13-11-14)23-19-17-8-4-5-9-18(17)27-20(24-19)21(25-26-27)30(28,29)16-6-2-1-3-7-16/h1-13H,(H,23,24). The molecule has 5 aromatic rings. The van der Waals surface area contributed by atoms with Crippen LogP contribution in [0.5, 0.6) is 0 Å². The SMILES string of the molecule is O=S(=O)(c1ccccc1)c1nnn2c1nc(Nc1ccc(F)cc1)c1ccccc12. The van der Waals surface area contributed by atoms with E-state index in [2.05, 4.69) is 20.6 Å². The van der Waals surface area contributed by atoms with Crippen LogP contribution in [0.4, 0.5) is 15.9 Å². The third-order valence-electron chi connectivity index (χ3n) is 4.64. The smallest absolute Gasteiger partial charge is 0.229 e. The fraction of sp³-hybridized carbons (Fsp3) is 0. The van der Waals surface area contributed by atoms with Crippen molar-refractivity contribution in [2.24, 2.45) is 0 Å². The zero-order valence-corrected chi connectivity index (χ0v) is 16.2. The minimum Gasteiger partial charge on any atom is -0.340 e. The Kier molecular flexibility index (Phi) is 4.18. The van der Waals surface area contributed by atoms with Gasteiger partial charge in [-0.15, -0.1) is 5.10 Å². The predicted octanol–water partition coefficient (Wildman–Crippen LogP) is 3.99. The van der Waals surface area contributed by atoms with Gasteiger partial charge in [-0.05, 0) is 48.5 Å². The van der Waals surface area contributed by atoms with E-state index in [0.717, 1.165) is 0 Å². The van der Waals surface area contributed by atoms with Gasteiger partial charge in [0.25, 0.3) is 0 Å². The van der Waals surface area contributed by atoms with Crippen LogP contribution < -0.4 is 5.32 Å². The Morgan fingerprint density at radius 3 is 2.33 bits per heavy atom. The van der Waals surface area contributed by atoms with Gasteiger partial charge in [-0.1, -0.05) is 35.5 Å². The molecule has 0 fully saturated rings. The highest BCUT2D eigenvalue weighted by Gasteiger charge is 2.26. The molecule has 0 unspecified atom stereocenters. The quantitative estimate of drug-likeness (QED) is 0.474. The van der Waals surface area contributed by atoms with E-state index in [1.54, 1.807) is 36.4 Å². The van der Waals surface area contributed by atoms with Gasteiger partial charge in [0.05, 0.1) is 10.4 Å². The van der Waals surface area contributed by atoms with E-state index in [9.17, 15) is 12.8 Å². The molecule has 0 spiro atoms. The Hall–Kier alpha value is -3.85. The number of benzene rings is 3. The van der Waals surface area contributed by atoms with E-state index in [-0.39, 0.29) is 21.4 Å². The molecule has 7 nitrogen and oxygen atoms in total.